The van der Waals surface area contributed by atoms with E-state index in [9.17, 15) is 9.59 Å². The van der Waals surface area contributed by atoms with Crippen molar-refractivity contribution in [3.05, 3.63) is 70.8 Å². The van der Waals surface area contributed by atoms with Gasteiger partial charge in [-0.1, -0.05) is 54.1 Å². The van der Waals surface area contributed by atoms with Gasteiger partial charge >= 0.3 is 0 Å². The van der Waals surface area contributed by atoms with Gasteiger partial charge in [0.15, 0.2) is 0 Å². The van der Waals surface area contributed by atoms with Gasteiger partial charge < -0.3 is 9.80 Å². The molecule has 2 amide bonds. The van der Waals surface area contributed by atoms with E-state index >= 15 is 0 Å². The molecule has 0 radical (unpaired) electrons. The fourth-order valence-electron chi connectivity index (χ4n) is 4.01. The third-order valence-electron chi connectivity index (χ3n) is 5.56. The summed E-state index contributed by atoms with van der Waals surface area (Å²) >= 11 is 0. The van der Waals surface area contributed by atoms with Crippen molar-refractivity contribution < 1.29 is 9.59 Å². The van der Waals surface area contributed by atoms with E-state index in [1.807, 2.05) is 17.0 Å². The van der Waals surface area contributed by atoms with Crippen molar-refractivity contribution in [3.63, 3.8) is 0 Å². The summed E-state index contributed by atoms with van der Waals surface area (Å²) in [5.41, 5.74) is 4.77. The molecule has 0 saturated carbocycles. The summed E-state index contributed by atoms with van der Waals surface area (Å²) in [6.45, 7) is 4.10. The molecule has 2 aliphatic rings. The van der Waals surface area contributed by atoms with Crippen molar-refractivity contribution in [2.24, 2.45) is 0 Å². The maximum atomic E-state index is 13.0. The molecule has 1 aliphatic heterocycles. The van der Waals surface area contributed by atoms with Crippen molar-refractivity contribution >= 4 is 11.8 Å². The van der Waals surface area contributed by atoms with E-state index in [2.05, 4.69) is 43.3 Å². The van der Waals surface area contributed by atoms with Gasteiger partial charge in [-0.05, 0) is 36.5 Å². The lowest BCUT2D eigenvalue weighted by Crippen LogP contribution is -2.52. The van der Waals surface area contributed by atoms with Crippen LogP contribution in [-0.2, 0) is 22.6 Å². The molecule has 2 aromatic carbocycles. The minimum atomic E-state index is -0.0809. The van der Waals surface area contributed by atoms with Crippen LogP contribution in [0, 0.1) is 6.92 Å². The largest absolute Gasteiger partial charge is 0.335 e. The number of aryl methyl sites for hydroxylation is 2. The zero-order valence-electron chi connectivity index (χ0n) is 15.1. The third-order valence-corrected chi connectivity index (χ3v) is 5.56. The highest BCUT2D eigenvalue weighted by atomic mass is 16.2. The molecule has 0 spiro atoms. The lowest BCUT2D eigenvalue weighted by molar-refractivity contribution is -0.146. The number of hydrogen-bond acceptors (Lipinski definition) is 2. The maximum absolute atomic E-state index is 13.0. The third kappa shape index (κ3) is 3.24. The van der Waals surface area contributed by atoms with Crippen LogP contribution in [0.3, 0.4) is 0 Å². The number of amides is 2. The number of nitrogens with zero attached hydrogens (tertiary/aromatic N) is 2. The van der Waals surface area contributed by atoms with E-state index in [-0.39, 0.29) is 24.3 Å². The molecule has 0 bridgehead atoms. The number of carbonyl (C=O) groups is 2. The van der Waals surface area contributed by atoms with Crippen LogP contribution in [0.1, 0.15) is 34.6 Å². The topological polar surface area (TPSA) is 40.6 Å². The van der Waals surface area contributed by atoms with E-state index in [1.165, 1.54) is 11.1 Å². The van der Waals surface area contributed by atoms with Gasteiger partial charge in [0.1, 0.15) is 0 Å². The van der Waals surface area contributed by atoms with Crippen LogP contribution in [0.15, 0.2) is 48.5 Å². The summed E-state index contributed by atoms with van der Waals surface area (Å²) in [4.78, 5) is 29.1. The van der Waals surface area contributed by atoms with Gasteiger partial charge in [-0.3, -0.25) is 9.59 Å². The Morgan fingerprint density at radius 2 is 1.85 bits per heavy atom. The Morgan fingerprint density at radius 1 is 1.08 bits per heavy atom. The Bertz CT molecular complexity index is 828. The van der Waals surface area contributed by atoms with Gasteiger partial charge in [0.05, 0.1) is 12.5 Å². The summed E-state index contributed by atoms with van der Waals surface area (Å²) in [7, 11) is 0. The van der Waals surface area contributed by atoms with Gasteiger partial charge in [-0.2, -0.15) is 0 Å². The van der Waals surface area contributed by atoms with Crippen LogP contribution in [0.5, 0.6) is 0 Å². The Balaban J connectivity index is 1.40. The van der Waals surface area contributed by atoms with Crippen molar-refractivity contribution in [1.82, 2.24) is 9.80 Å². The van der Waals surface area contributed by atoms with Gasteiger partial charge in [0.2, 0.25) is 11.8 Å². The second kappa shape index (κ2) is 6.94. The first-order chi connectivity index (χ1) is 12.6. The fraction of sp³-hybridized carbons (Fsp3) is 0.364. The van der Waals surface area contributed by atoms with Crippen molar-refractivity contribution in [1.29, 1.82) is 0 Å². The zero-order valence-corrected chi connectivity index (χ0v) is 15.1. The average molecular weight is 348 g/mol. The molecule has 134 valence electrons. The van der Waals surface area contributed by atoms with Crippen LogP contribution in [0.2, 0.25) is 0 Å². The average Bonchev–Trinajstić information content (AvgIpc) is 3.08. The molecule has 4 heteroatoms. The summed E-state index contributed by atoms with van der Waals surface area (Å²) in [5.74, 6) is 0.0670. The molecule has 0 aromatic heterocycles. The summed E-state index contributed by atoms with van der Waals surface area (Å²) < 4.78 is 0. The van der Waals surface area contributed by atoms with Crippen LogP contribution >= 0.6 is 0 Å². The van der Waals surface area contributed by atoms with Gasteiger partial charge in [0, 0.05) is 19.6 Å². The Kier molecular flexibility index (Phi) is 4.49. The Labute approximate surface area is 154 Å². The van der Waals surface area contributed by atoms with E-state index in [0.717, 1.165) is 24.0 Å². The number of benzene rings is 2. The van der Waals surface area contributed by atoms with Gasteiger partial charge in [-0.25, -0.2) is 0 Å². The molecule has 1 aliphatic carbocycles. The minimum absolute atomic E-state index is 0.0384. The highest BCUT2D eigenvalue weighted by Crippen LogP contribution is 2.34. The number of rotatable bonds is 3. The number of hydrogen-bond donors (Lipinski definition) is 0. The molecule has 1 fully saturated rings. The van der Waals surface area contributed by atoms with E-state index in [1.54, 1.807) is 4.90 Å². The normalized spacial score (nSPS) is 19.6. The van der Waals surface area contributed by atoms with Crippen LogP contribution in [-0.4, -0.2) is 41.2 Å². The number of carbonyl (C=O) groups excluding carboxylic acids is 2. The minimum Gasteiger partial charge on any atom is -0.335 e. The lowest BCUT2D eigenvalue weighted by atomic mass is 9.99. The SMILES string of the molecule is Cc1ccc(CN2CCN(C(=O)C3CCc4ccccc43)CC2=O)cc1. The lowest BCUT2D eigenvalue weighted by Gasteiger charge is -2.35. The fourth-order valence-corrected chi connectivity index (χ4v) is 4.01. The molecular formula is C22H24N2O2. The van der Waals surface area contributed by atoms with E-state index in [4.69, 9.17) is 0 Å². The Morgan fingerprint density at radius 3 is 2.62 bits per heavy atom. The molecule has 4 rings (SSSR count). The van der Waals surface area contributed by atoms with Crippen LogP contribution < -0.4 is 0 Å². The maximum Gasteiger partial charge on any atom is 0.242 e. The van der Waals surface area contributed by atoms with E-state index in [0.29, 0.717) is 19.6 Å². The first-order valence-corrected chi connectivity index (χ1v) is 9.32. The van der Waals surface area contributed by atoms with E-state index < -0.39 is 0 Å². The second-order valence-electron chi connectivity index (χ2n) is 7.35. The standard InChI is InChI=1S/C22H24N2O2/c1-16-6-8-17(9-7-16)14-23-12-13-24(15-21(23)25)22(26)20-11-10-18-4-2-3-5-19(18)20/h2-9,20H,10-15H2,1H3. The number of fused-ring (bicyclic) bond motifs is 1. The molecule has 1 unspecified atom stereocenters. The predicted octanol–water partition coefficient (Wildman–Crippen LogP) is 2.90. The summed E-state index contributed by atoms with van der Waals surface area (Å²) in [5, 5.41) is 0. The van der Waals surface area contributed by atoms with Crippen LogP contribution in [0.4, 0.5) is 0 Å². The quantitative estimate of drug-likeness (QED) is 0.856. The first kappa shape index (κ1) is 16.8. The monoisotopic (exact) mass is 348 g/mol. The Hall–Kier alpha value is -2.62. The smallest absolute Gasteiger partial charge is 0.242 e. The molecule has 4 nitrogen and oxygen atoms in total. The molecule has 2 aromatic rings. The highest BCUT2D eigenvalue weighted by molar-refractivity contribution is 5.90. The summed E-state index contributed by atoms with van der Waals surface area (Å²) in [6, 6.07) is 16.4. The number of piperazine rings is 1. The first-order valence-electron chi connectivity index (χ1n) is 9.32. The van der Waals surface area contributed by atoms with Gasteiger partial charge in [0.25, 0.3) is 0 Å². The highest BCUT2D eigenvalue weighted by Gasteiger charge is 2.34. The van der Waals surface area contributed by atoms with Crippen molar-refractivity contribution in [3.8, 4) is 0 Å². The molecule has 26 heavy (non-hydrogen) atoms. The van der Waals surface area contributed by atoms with Crippen molar-refractivity contribution in [2.45, 2.75) is 32.2 Å². The zero-order chi connectivity index (χ0) is 18.1. The summed E-state index contributed by atoms with van der Waals surface area (Å²) in [6.07, 6.45) is 1.81. The molecular weight excluding hydrogens is 324 g/mol. The molecule has 1 heterocycles. The predicted molar refractivity (Wildman–Crippen MR) is 101 cm³/mol. The van der Waals surface area contributed by atoms with Gasteiger partial charge in [-0.15, -0.1) is 0 Å². The van der Waals surface area contributed by atoms with Crippen LogP contribution in [0.25, 0.3) is 0 Å². The molecule has 1 saturated heterocycles. The molecule has 1 atom stereocenters. The molecule has 0 N–H and O–H groups in total. The van der Waals surface area contributed by atoms with Crippen molar-refractivity contribution in [2.75, 3.05) is 19.6 Å². The second-order valence-corrected chi connectivity index (χ2v) is 7.35.